The maximum Gasteiger partial charge on any atom is 0.243 e. The summed E-state index contributed by atoms with van der Waals surface area (Å²) >= 11 is 5.87. The third kappa shape index (κ3) is 2.84. The van der Waals surface area contributed by atoms with E-state index in [4.69, 9.17) is 11.6 Å². The quantitative estimate of drug-likeness (QED) is 0.718. The monoisotopic (exact) mass is 425 g/mol. The number of carbonyl (C=O) groups is 2. The van der Waals surface area contributed by atoms with Gasteiger partial charge in [0, 0.05) is 51.1 Å². The molecule has 152 valence electrons. The van der Waals surface area contributed by atoms with Gasteiger partial charge in [-0.05, 0) is 37.1 Å². The molecule has 1 aromatic carbocycles. The summed E-state index contributed by atoms with van der Waals surface area (Å²) in [6.07, 6.45) is 1.16. The van der Waals surface area contributed by atoms with Crippen molar-refractivity contribution in [3.63, 3.8) is 0 Å². The molecule has 0 aromatic heterocycles. The molecule has 3 aliphatic heterocycles. The van der Waals surface area contributed by atoms with E-state index in [9.17, 15) is 18.0 Å². The molecule has 9 heteroatoms. The fourth-order valence-corrected chi connectivity index (χ4v) is 6.72. The molecule has 3 fully saturated rings. The molecular weight excluding hydrogens is 402 g/mol. The summed E-state index contributed by atoms with van der Waals surface area (Å²) in [4.78, 5) is 28.4. The molecule has 0 aliphatic carbocycles. The van der Waals surface area contributed by atoms with Gasteiger partial charge in [0.1, 0.15) is 0 Å². The smallest absolute Gasteiger partial charge is 0.243 e. The minimum atomic E-state index is -3.60. The summed E-state index contributed by atoms with van der Waals surface area (Å²) in [5.74, 6) is -0.0480. The van der Waals surface area contributed by atoms with E-state index in [1.54, 1.807) is 17.0 Å². The van der Waals surface area contributed by atoms with Crippen molar-refractivity contribution in [2.24, 2.45) is 11.8 Å². The fraction of sp³-hybridized carbons (Fsp3) is 0.579. The summed E-state index contributed by atoms with van der Waals surface area (Å²) < 4.78 is 27.4. The van der Waals surface area contributed by atoms with Crippen molar-refractivity contribution in [3.8, 4) is 0 Å². The van der Waals surface area contributed by atoms with E-state index in [2.05, 4.69) is 0 Å². The van der Waals surface area contributed by atoms with Crippen LogP contribution in [0.5, 0.6) is 0 Å². The van der Waals surface area contributed by atoms with Crippen LogP contribution >= 0.6 is 11.6 Å². The van der Waals surface area contributed by atoms with Crippen molar-refractivity contribution in [1.82, 2.24) is 14.1 Å². The van der Waals surface area contributed by atoms with E-state index in [1.165, 1.54) is 23.4 Å². The highest BCUT2D eigenvalue weighted by atomic mass is 35.5. The SMILES string of the molecule is CC(=O)N1C[C@@H]2C(=O)N(C)C3(CCN(S(=O)(=O)c4ccc(Cl)cc4)CC3)[C@H]2C1. The molecule has 7 nitrogen and oxygen atoms in total. The molecular formula is C19H24ClN3O4S. The van der Waals surface area contributed by atoms with Crippen molar-refractivity contribution < 1.29 is 18.0 Å². The van der Waals surface area contributed by atoms with Gasteiger partial charge in [0.2, 0.25) is 21.8 Å². The molecule has 0 N–H and O–H groups in total. The Morgan fingerprint density at radius 2 is 1.75 bits per heavy atom. The Balaban J connectivity index is 1.55. The van der Waals surface area contributed by atoms with E-state index in [0.717, 1.165) is 0 Å². The van der Waals surface area contributed by atoms with Crippen molar-refractivity contribution in [1.29, 1.82) is 0 Å². The fourth-order valence-electron chi connectivity index (χ4n) is 5.15. The van der Waals surface area contributed by atoms with Crippen molar-refractivity contribution in [2.75, 3.05) is 33.2 Å². The molecule has 2 atom stereocenters. The van der Waals surface area contributed by atoms with Crippen LogP contribution in [0.4, 0.5) is 0 Å². The lowest BCUT2D eigenvalue weighted by Crippen LogP contribution is -2.56. The highest BCUT2D eigenvalue weighted by Crippen LogP contribution is 2.49. The Morgan fingerprint density at radius 3 is 2.32 bits per heavy atom. The molecule has 1 spiro atoms. The minimum absolute atomic E-state index is 0.0113. The zero-order valence-electron chi connectivity index (χ0n) is 16.0. The second kappa shape index (κ2) is 6.71. The number of hydrogen-bond donors (Lipinski definition) is 0. The number of halogens is 1. The van der Waals surface area contributed by atoms with Crippen LogP contribution in [0.2, 0.25) is 5.02 Å². The second-order valence-electron chi connectivity index (χ2n) is 8.00. The van der Waals surface area contributed by atoms with Gasteiger partial charge in [0.15, 0.2) is 0 Å². The maximum absolute atomic E-state index is 13.0. The molecule has 28 heavy (non-hydrogen) atoms. The van der Waals surface area contributed by atoms with Crippen LogP contribution in [0.25, 0.3) is 0 Å². The predicted molar refractivity (Wildman–Crippen MR) is 104 cm³/mol. The Bertz CT molecular complexity index is 910. The van der Waals surface area contributed by atoms with E-state index < -0.39 is 10.0 Å². The van der Waals surface area contributed by atoms with Crippen molar-refractivity contribution in [2.45, 2.75) is 30.2 Å². The first-order chi connectivity index (χ1) is 13.2. The molecule has 3 heterocycles. The van der Waals surface area contributed by atoms with Gasteiger partial charge in [-0.1, -0.05) is 11.6 Å². The van der Waals surface area contributed by atoms with Crippen LogP contribution in [0.1, 0.15) is 19.8 Å². The average Bonchev–Trinajstić information content (AvgIpc) is 3.19. The number of nitrogens with zero attached hydrogens (tertiary/aromatic N) is 3. The third-order valence-electron chi connectivity index (χ3n) is 6.81. The van der Waals surface area contributed by atoms with Crippen molar-refractivity contribution in [3.05, 3.63) is 29.3 Å². The summed E-state index contributed by atoms with van der Waals surface area (Å²) in [6.45, 7) is 3.28. The number of hydrogen-bond acceptors (Lipinski definition) is 4. The topological polar surface area (TPSA) is 78.0 Å². The number of sulfonamides is 1. The summed E-state index contributed by atoms with van der Waals surface area (Å²) in [7, 11) is -1.77. The van der Waals surface area contributed by atoms with Gasteiger partial charge in [-0.2, -0.15) is 4.31 Å². The predicted octanol–water partition coefficient (Wildman–Crippen LogP) is 1.43. The molecule has 0 bridgehead atoms. The zero-order valence-corrected chi connectivity index (χ0v) is 17.5. The number of benzene rings is 1. The van der Waals surface area contributed by atoms with Gasteiger partial charge in [-0.25, -0.2) is 8.42 Å². The van der Waals surface area contributed by atoms with Crippen molar-refractivity contribution >= 4 is 33.4 Å². The van der Waals surface area contributed by atoms with Gasteiger partial charge in [0.25, 0.3) is 0 Å². The number of fused-ring (bicyclic) bond motifs is 2. The van der Waals surface area contributed by atoms with Gasteiger partial charge in [-0.3, -0.25) is 9.59 Å². The highest BCUT2D eigenvalue weighted by Gasteiger charge is 2.61. The normalized spacial score (nSPS) is 27.5. The number of likely N-dealkylation sites (tertiary alicyclic amines) is 2. The van der Waals surface area contributed by atoms with Gasteiger partial charge < -0.3 is 9.80 Å². The van der Waals surface area contributed by atoms with E-state index >= 15 is 0 Å². The van der Waals surface area contributed by atoms with E-state index in [1.807, 2.05) is 11.9 Å². The third-order valence-corrected chi connectivity index (χ3v) is 8.98. The number of rotatable bonds is 2. The molecule has 0 saturated carbocycles. The molecule has 0 radical (unpaired) electrons. The first kappa shape index (κ1) is 19.7. The molecule has 4 rings (SSSR count). The lowest BCUT2D eigenvalue weighted by atomic mass is 9.75. The molecule has 3 saturated heterocycles. The molecule has 0 unspecified atom stereocenters. The Hall–Kier alpha value is -1.64. The first-order valence-electron chi connectivity index (χ1n) is 9.46. The van der Waals surface area contributed by atoms with Gasteiger partial charge in [-0.15, -0.1) is 0 Å². The van der Waals surface area contributed by atoms with E-state index in [-0.39, 0.29) is 34.1 Å². The Kier molecular flexibility index (Phi) is 4.71. The molecule has 3 aliphatic rings. The lowest BCUT2D eigenvalue weighted by Gasteiger charge is -2.46. The summed E-state index contributed by atoms with van der Waals surface area (Å²) in [5.41, 5.74) is -0.377. The number of carbonyl (C=O) groups excluding carboxylic acids is 2. The second-order valence-corrected chi connectivity index (χ2v) is 10.4. The summed E-state index contributed by atoms with van der Waals surface area (Å²) in [5, 5.41) is 0.491. The lowest BCUT2D eigenvalue weighted by molar-refractivity contribution is -0.135. The standard InChI is InChI=1S/C19H24ClN3O4S/c1-13(24)22-11-16-17(12-22)19(21(2)18(16)25)7-9-23(10-8-19)28(26,27)15-5-3-14(20)4-6-15/h3-6,16-17H,7-12H2,1-2H3/t16-,17-/m0/s1. The first-order valence-corrected chi connectivity index (χ1v) is 11.3. The largest absolute Gasteiger partial charge is 0.342 e. The zero-order chi connectivity index (χ0) is 20.3. The highest BCUT2D eigenvalue weighted by molar-refractivity contribution is 7.89. The molecule has 1 aromatic rings. The average molecular weight is 426 g/mol. The summed E-state index contributed by atoms with van der Waals surface area (Å²) in [6, 6.07) is 6.18. The van der Waals surface area contributed by atoms with Crippen LogP contribution in [-0.2, 0) is 19.6 Å². The minimum Gasteiger partial charge on any atom is -0.342 e. The Morgan fingerprint density at radius 1 is 1.14 bits per heavy atom. The van der Waals surface area contributed by atoms with Gasteiger partial charge >= 0.3 is 0 Å². The van der Waals surface area contributed by atoms with E-state index in [0.29, 0.717) is 44.0 Å². The van der Waals surface area contributed by atoms with Crippen LogP contribution in [0, 0.1) is 11.8 Å². The maximum atomic E-state index is 13.0. The number of piperidine rings is 1. The Labute approximate surface area is 170 Å². The van der Waals surface area contributed by atoms with Crippen LogP contribution in [-0.4, -0.2) is 73.1 Å². The number of amides is 2. The van der Waals surface area contributed by atoms with Gasteiger partial charge in [0.05, 0.1) is 16.4 Å². The molecule has 2 amide bonds. The van der Waals surface area contributed by atoms with Crippen LogP contribution in [0.15, 0.2) is 29.2 Å². The van der Waals surface area contributed by atoms with Crippen LogP contribution in [0.3, 0.4) is 0 Å². The van der Waals surface area contributed by atoms with Crippen LogP contribution < -0.4 is 0 Å².